The standard InChI is InChI=1S/C14H15NO2S/c1-9(2)10-3-5-11(6-4-10)15-12-7-8-18-13(12)14(16)17/h3-9,15H,1-2H3,(H,16,17). The highest BCUT2D eigenvalue weighted by molar-refractivity contribution is 7.12. The highest BCUT2D eigenvalue weighted by Gasteiger charge is 2.11. The van der Waals surface area contributed by atoms with E-state index in [4.69, 9.17) is 5.11 Å². The largest absolute Gasteiger partial charge is 0.477 e. The van der Waals surface area contributed by atoms with Crippen LogP contribution in [0.3, 0.4) is 0 Å². The quantitative estimate of drug-likeness (QED) is 0.862. The number of benzene rings is 1. The van der Waals surface area contributed by atoms with Crippen LogP contribution in [0.25, 0.3) is 0 Å². The minimum atomic E-state index is -0.897. The third-order valence-corrected chi connectivity index (χ3v) is 3.62. The fourth-order valence-corrected chi connectivity index (χ4v) is 2.37. The fourth-order valence-electron chi connectivity index (χ4n) is 1.68. The van der Waals surface area contributed by atoms with Gasteiger partial charge in [0, 0.05) is 5.69 Å². The van der Waals surface area contributed by atoms with Gasteiger partial charge in [0.1, 0.15) is 4.88 Å². The Kier molecular flexibility index (Phi) is 3.67. The highest BCUT2D eigenvalue weighted by atomic mass is 32.1. The molecule has 1 aromatic carbocycles. The average molecular weight is 261 g/mol. The summed E-state index contributed by atoms with van der Waals surface area (Å²) in [4.78, 5) is 11.3. The van der Waals surface area contributed by atoms with E-state index in [1.807, 2.05) is 12.1 Å². The van der Waals surface area contributed by atoms with Gasteiger partial charge in [0.05, 0.1) is 5.69 Å². The van der Waals surface area contributed by atoms with Gasteiger partial charge < -0.3 is 10.4 Å². The number of nitrogens with one attached hydrogen (secondary N) is 1. The normalized spacial score (nSPS) is 10.6. The average Bonchev–Trinajstić information content (AvgIpc) is 2.78. The number of anilines is 2. The molecule has 0 unspecified atom stereocenters. The molecule has 0 aliphatic heterocycles. The molecule has 2 rings (SSSR count). The molecule has 0 saturated carbocycles. The zero-order valence-electron chi connectivity index (χ0n) is 10.3. The van der Waals surface area contributed by atoms with E-state index in [-0.39, 0.29) is 0 Å². The zero-order chi connectivity index (χ0) is 13.1. The molecule has 18 heavy (non-hydrogen) atoms. The summed E-state index contributed by atoms with van der Waals surface area (Å²) in [6.45, 7) is 4.29. The van der Waals surface area contributed by atoms with Gasteiger partial charge >= 0.3 is 5.97 Å². The van der Waals surface area contributed by atoms with Crippen LogP contribution in [-0.4, -0.2) is 11.1 Å². The Labute approximate surface area is 110 Å². The predicted molar refractivity (Wildman–Crippen MR) is 75.1 cm³/mol. The summed E-state index contributed by atoms with van der Waals surface area (Å²) < 4.78 is 0. The summed E-state index contributed by atoms with van der Waals surface area (Å²) in [5.74, 6) is -0.402. The minimum Gasteiger partial charge on any atom is -0.477 e. The molecule has 2 N–H and O–H groups in total. The van der Waals surface area contributed by atoms with Gasteiger partial charge in [-0.2, -0.15) is 0 Å². The molecule has 0 bridgehead atoms. The van der Waals surface area contributed by atoms with E-state index in [0.717, 1.165) is 5.69 Å². The summed E-state index contributed by atoms with van der Waals surface area (Å²) >= 11 is 1.22. The molecular weight excluding hydrogens is 246 g/mol. The molecular formula is C14H15NO2S. The molecule has 4 heteroatoms. The Bertz CT molecular complexity index is 543. The number of carboxylic acids is 1. The number of aromatic carboxylic acids is 1. The molecule has 0 amide bonds. The third kappa shape index (κ3) is 2.71. The Morgan fingerprint density at radius 2 is 1.89 bits per heavy atom. The summed E-state index contributed by atoms with van der Waals surface area (Å²) in [6.07, 6.45) is 0. The maximum absolute atomic E-state index is 11.0. The van der Waals surface area contributed by atoms with Crippen LogP contribution in [-0.2, 0) is 0 Å². The van der Waals surface area contributed by atoms with Crippen molar-refractivity contribution in [2.45, 2.75) is 19.8 Å². The molecule has 3 nitrogen and oxygen atoms in total. The van der Waals surface area contributed by atoms with Gasteiger partial charge in [0.2, 0.25) is 0 Å². The molecule has 0 aliphatic rings. The van der Waals surface area contributed by atoms with Crippen molar-refractivity contribution in [2.24, 2.45) is 0 Å². The fraction of sp³-hybridized carbons (Fsp3) is 0.214. The lowest BCUT2D eigenvalue weighted by molar-refractivity contribution is 0.0703. The molecule has 2 aromatic rings. The summed E-state index contributed by atoms with van der Waals surface area (Å²) in [7, 11) is 0. The first-order chi connectivity index (χ1) is 8.58. The van der Waals surface area contributed by atoms with Crippen molar-refractivity contribution >= 4 is 28.7 Å². The van der Waals surface area contributed by atoms with Crippen LogP contribution in [0.4, 0.5) is 11.4 Å². The van der Waals surface area contributed by atoms with E-state index in [2.05, 4.69) is 31.3 Å². The summed E-state index contributed by atoms with van der Waals surface area (Å²) in [5.41, 5.74) is 2.81. The molecule has 0 radical (unpaired) electrons. The molecule has 1 aromatic heterocycles. The topological polar surface area (TPSA) is 49.3 Å². The van der Waals surface area contributed by atoms with Crippen LogP contribution in [0.2, 0.25) is 0 Å². The van der Waals surface area contributed by atoms with E-state index >= 15 is 0 Å². The van der Waals surface area contributed by atoms with Gasteiger partial charge in [-0.15, -0.1) is 11.3 Å². The first kappa shape index (κ1) is 12.6. The van der Waals surface area contributed by atoms with Gasteiger partial charge in [0.25, 0.3) is 0 Å². The number of hydrogen-bond donors (Lipinski definition) is 2. The van der Waals surface area contributed by atoms with Crippen molar-refractivity contribution in [1.29, 1.82) is 0 Å². The lowest BCUT2D eigenvalue weighted by Crippen LogP contribution is -1.98. The first-order valence-electron chi connectivity index (χ1n) is 5.75. The lowest BCUT2D eigenvalue weighted by atomic mass is 10.0. The Morgan fingerprint density at radius 3 is 2.44 bits per heavy atom. The predicted octanol–water partition coefficient (Wildman–Crippen LogP) is 4.31. The van der Waals surface area contributed by atoms with Crippen LogP contribution < -0.4 is 5.32 Å². The number of rotatable bonds is 4. The van der Waals surface area contributed by atoms with Gasteiger partial charge in [-0.05, 0) is 35.1 Å². The SMILES string of the molecule is CC(C)c1ccc(Nc2ccsc2C(=O)O)cc1. The van der Waals surface area contributed by atoms with E-state index in [1.54, 1.807) is 11.4 Å². The maximum atomic E-state index is 11.0. The molecule has 94 valence electrons. The molecule has 0 aliphatic carbocycles. The van der Waals surface area contributed by atoms with Gasteiger partial charge in [-0.1, -0.05) is 26.0 Å². The van der Waals surface area contributed by atoms with Gasteiger partial charge in [-0.25, -0.2) is 4.79 Å². The van der Waals surface area contributed by atoms with Crippen molar-refractivity contribution in [2.75, 3.05) is 5.32 Å². The van der Waals surface area contributed by atoms with Gasteiger partial charge in [-0.3, -0.25) is 0 Å². The Hall–Kier alpha value is -1.81. The van der Waals surface area contributed by atoms with Gasteiger partial charge in [0.15, 0.2) is 0 Å². The number of carbonyl (C=O) groups is 1. The highest BCUT2D eigenvalue weighted by Crippen LogP contribution is 2.26. The van der Waals surface area contributed by atoms with Crippen molar-refractivity contribution in [3.63, 3.8) is 0 Å². The van der Waals surface area contributed by atoms with Crippen LogP contribution in [0.1, 0.15) is 35.0 Å². The maximum Gasteiger partial charge on any atom is 0.348 e. The van der Waals surface area contributed by atoms with E-state index in [9.17, 15) is 4.79 Å². The van der Waals surface area contributed by atoms with Crippen molar-refractivity contribution in [3.8, 4) is 0 Å². The summed E-state index contributed by atoms with van der Waals surface area (Å²) in [5, 5.41) is 13.9. The second-order valence-corrected chi connectivity index (χ2v) is 5.29. The van der Waals surface area contributed by atoms with Crippen LogP contribution >= 0.6 is 11.3 Å². The van der Waals surface area contributed by atoms with E-state index in [1.165, 1.54) is 16.9 Å². The van der Waals surface area contributed by atoms with Crippen LogP contribution in [0.5, 0.6) is 0 Å². The first-order valence-corrected chi connectivity index (χ1v) is 6.63. The number of carboxylic acid groups (broad SMARTS) is 1. The molecule has 0 saturated heterocycles. The van der Waals surface area contributed by atoms with Crippen LogP contribution in [0.15, 0.2) is 35.7 Å². The van der Waals surface area contributed by atoms with E-state index in [0.29, 0.717) is 16.5 Å². The Morgan fingerprint density at radius 1 is 1.22 bits per heavy atom. The molecule has 0 fully saturated rings. The monoisotopic (exact) mass is 261 g/mol. The summed E-state index contributed by atoms with van der Waals surface area (Å²) in [6, 6.07) is 9.83. The second-order valence-electron chi connectivity index (χ2n) is 4.37. The second kappa shape index (κ2) is 5.23. The minimum absolute atomic E-state index is 0.336. The lowest BCUT2D eigenvalue weighted by Gasteiger charge is -2.08. The van der Waals surface area contributed by atoms with E-state index < -0.39 is 5.97 Å². The number of hydrogen-bond acceptors (Lipinski definition) is 3. The molecule has 0 spiro atoms. The van der Waals surface area contributed by atoms with Crippen molar-refractivity contribution in [1.82, 2.24) is 0 Å². The Balaban J connectivity index is 2.18. The smallest absolute Gasteiger partial charge is 0.348 e. The zero-order valence-corrected chi connectivity index (χ0v) is 11.1. The number of thiophene rings is 1. The van der Waals surface area contributed by atoms with Crippen molar-refractivity contribution < 1.29 is 9.90 Å². The molecule has 1 heterocycles. The third-order valence-electron chi connectivity index (χ3n) is 2.72. The van der Waals surface area contributed by atoms with Crippen LogP contribution in [0, 0.1) is 0 Å². The molecule has 0 atom stereocenters. The van der Waals surface area contributed by atoms with Crippen molar-refractivity contribution in [3.05, 3.63) is 46.2 Å².